The molecule has 2 heterocycles. The number of pyridine rings is 2. The second kappa shape index (κ2) is 12.0. The standard InChI is InChI=1S/C17H23N6O2.ClH/c1-2-17(20-18-15-3-7-22(8-4-15)11-13-24)21-19-16-5-9-23(10-6-16)12-14-25;/h3-10,24-25H,2,11-14H2,1H3;1H/q+1;/p-1. The molecule has 0 amide bonds. The van der Waals surface area contributed by atoms with Crippen LogP contribution in [0.4, 0.5) is 5.69 Å². The van der Waals surface area contributed by atoms with Crippen molar-refractivity contribution in [3.05, 3.63) is 54.4 Å². The van der Waals surface area contributed by atoms with Crippen molar-refractivity contribution in [3.8, 4) is 0 Å². The SMILES string of the molecule is CCC(N=Nc1cc[n+](CCO)cc1)=NN=c1ccn(CCO)cc1.[Cl-]. The van der Waals surface area contributed by atoms with Crippen molar-refractivity contribution in [3.63, 3.8) is 0 Å². The summed E-state index contributed by atoms with van der Waals surface area (Å²) in [6, 6.07) is 7.28. The minimum atomic E-state index is 0. The molecular formula is C17H23ClN6O2. The zero-order valence-corrected chi connectivity index (χ0v) is 15.4. The molecule has 0 spiro atoms. The lowest BCUT2D eigenvalue weighted by Crippen LogP contribution is -3.00. The van der Waals surface area contributed by atoms with Gasteiger partial charge in [-0.05, 0) is 12.1 Å². The molecule has 2 N–H and O–H groups in total. The molecule has 0 unspecified atom stereocenters. The predicted molar refractivity (Wildman–Crippen MR) is 93.0 cm³/mol. The van der Waals surface area contributed by atoms with Gasteiger partial charge in [-0.3, -0.25) is 0 Å². The highest BCUT2D eigenvalue weighted by molar-refractivity contribution is 5.82. The highest BCUT2D eigenvalue weighted by Gasteiger charge is 1.99. The van der Waals surface area contributed by atoms with Crippen LogP contribution in [0, 0.1) is 0 Å². The Hall–Kier alpha value is -2.42. The summed E-state index contributed by atoms with van der Waals surface area (Å²) in [4.78, 5) is 0. The lowest BCUT2D eigenvalue weighted by atomic mass is 10.4. The maximum absolute atomic E-state index is 8.89. The number of aliphatic hydroxyl groups excluding tert-OH is 2. The van der Waals surface area contributed by atoms with Gasteiger partial charge in [0, 0.05) is 37.5 Å². The molecule has 26 heavy (non-hydrogen) atoms. The maximum Gasteiger partial charge on any atom is 0.173 e. The van der Waals surface area contributed by atoms with E-state index in [4.69, 9.17) is 10.2 Å². The molecule has 2 aromatic rings. The topological polar surface area (TPSA) is 98.7 Å². The molecule has 0 aliphatic heterocycles. The zero-order chi connectivity index (χ0) is 17.9. The molecule has 0 aliphatic carbocycles. The van der Waals surface area contributed by atoms with E-state index >= 15 is 0 Å². The summed E-state index contributed by atoms with van der Waals surface area (Å²) in [6.07, 6.45) is 7.96. The van der Waals surface area contributed by atoms with Gasteiger partial charge in [0.15, 0.2) is 24.8 Å². The van der Waals surface area contributed by atoms with E-state index in [1.54, 1.807) is 0 Å². The molecule has 0 aromatic carbocycles. The average Bonchev–Trinajstić information content (AvgIpc) is 2.65. The van der Waals surface area contributed by atoms with Crippen LogP contribution in [0.25, 0.3) is 0 Å². The molecule has 0 fully saturated rings. The van der Waals surface area contributed by atoms with Crippen LogP contribution < -0.4 is 22.3 Å². The van der Waals surface area contributed by atoms with Gasteiger partial charge < -0.3 is 27.2 Å². The Labute approximate surface area is 158 Å². The Morgan fingerprint density at radius 2 is 1.77 bits per heavy atom. The Kier molecular flexibility index (Phi) is 9.99. The van der Waals surface area contributed by atoms with Gasteiger partial charge in [0.2, 0.25) is 0 Å². The van der Waals surface area contributed by atoms with E-state index in [0.29, 0.717) is 36.4 Å². The quantitative estimate of drug-likeness (QED) is 0.195. The Balaban J connectivity index is 0.00000338. The summed E-state index contributed by atoms with van der Waals surface area (Å²) in [6.45, 7) is 3.23. The molecule has 0 atom stereocenters. The first-order valence-corrected chi connectivity index (χ1v) is 8.14. The molecule has 0 saturated heterocycles. The molecule has 140 valence electrons. The number of aliphatic hydroxyl groups is 2. The molecule has 8 nitrogen and oxygen atoms in total. The van der Waals surface area contributed by atoms with E-state index in [1.807, 2.05) is 65.1 Å². The summed E-state index contributed by atoms with van der Waals surface area (Å²) in [7, 11) is 0. The van der Waals surface area contributed by atoms with Gasteiger partial charge in [-0.15, -0.1) is 20.4 Å². The highest BCUT2D eigenvalue weighted by Crippen LogP contribution is 2.09. The summed E-state index contributed by atoms with van der Waals surface area (Å²) >= 11 is 0. The molecule has 2 aromatic heterocycles. The molecule has 9 heteroatoms. The van der Waals surface area contributed by atoms with Gasteiger partial charge in [0.1, 0.15) is 6.61 Å². The number of amidine groups is 1. The third-order valence-electron chi connectivity index (χ3n) is 3.34. The van der Waals surface area contributed by atoms with E-state index in [2.05, 4.69) is 20.4 Å². The first kappa shape index (κ1) is 21.6. The van der Waals surface area contributed by atoms with Gasteiger partial charge >= 0.3 is 0 Å². The fraction of sp³-hybridized carbons (Fsp3) is 0.353. The van der Waals surface area contributed by atoms with Crippen molar-refractivity contribution in [1.29, 1.82) is 0 Å². The summed E-state index contributed by atoms with van der Waals surface area (Å²) in [5.41, 5.74) is 0.708. The van der Waals surface area contributed by atoms with Crippen LogP contribution >= 0.6 is 0 Å². The van der Waals surface area contributed by atoms with Crippen molar-refractivity contribution >= 4 is 11.5 Å². The Bertz CT molecular complexity index is 766. The monoisotopic (exact) mass is 378 g/mol. The smallest absolute Gasteiger partial charge is 0.173 e. The predicted octanol–water partition coefficient (Wildman–Crippen LogP) is -1.83. The maximum atomic E-state index is 8.89. The summed E-state index contributed by atoms with van der Waals surface area (Å²) in [5.74, 6) is 0.527. The number of aromatic nitrogens is 2. The van der Waals surface area contributed by atoms with Crippen LogP contribution in [0.2, 0.25) is 0 Å². The van der Waals surface area contributed by atoms with Crippen LogP contribution in [-0.4, -0.2) is 33.8 Å². The largest absolute Gasteiger partial charge is 1.00 e. The number of nitrogens with zero attached hydrogens (tertiary/aromatic N) is 6. The van der Waals surface area contributed by atoms with Crippen LogP contribution in [-0.2, 0) is 13.1 Å². The number of azo groups is 1. The number of hydrogen-bond donors (Lipinski definition) is 2. The van der Waals surface area contributed by atoms with Crippen molar-refractivity contribution in [2.24, 2.45) is 20.4 Å². The zero-order valence-electron chi connectivity index (χ0n) is 14.6. The van der Waals surface area contributed by atoms with Gasteiger partial charge in [0.25, 0.3) is 0 Å². The van der Waals surface area contributed by atoms with Gasteiger partial charge in [0.05, 0.1) is 17.7 Å². The minimum Gasteiger partial charge on any atom is -1.00 e. The second-order valence-corrected chi connectivity index (χ2v) is 5.21. The van der Waals surface area contributed by atoms with Gasteiger partial charge in [-0.1, -0.05) is 6.92 Å². The third kappa shape index (κ3) is 7.22. The van der Waals surface area contributed by atoms with Gasteiger partial charge in [-0.2, -0.15) is 0 Å². The van der Waals surface area contributed by atoms with Crippen LogP contribution in [0.3, 0.4) is 0 Å². The second-order valence-electron chi connectivity index (χ2n) is 5.21. The molecule has 0 saturated carbocycles. The van der Waals surface area contributed by atoms with Crippen molar-refractivity contribution in [2.75, 3.05) is 13.2 Å². The third-order valence-corrected chi connectivity index (χ3v) is 3.34. The molecule has 2 rings (SSSR count). The fourth-order valence-electron chi connectivity index (χ4n) is 1.95. The first-order valence-electron chi connectivity index (χ1n) is 8.14. The molecule has 0 aliphatic rings. The van der Waals surface area contributed by atoms with Gasteiger partial charge in [-0.25, -0.2) is 4.57 Å². The van der Waals surface area contributed by atoms with E-state index < -0.39 is 0 Å². The number of rotatable bonds is 7. The van der Waals surface area contributed by atoms with E-state index in [0.717, 1.165) is 0 Å². The minimum absolute atomic E-state index is 0. The Morgan fingerprint density at radius 3 is 2.35 bits per heavy atom. The van der Waals surface area contributed by atoms with E-state index in [-0.39, 0.29) is 25.6 Å². The molecular weight excluding hydrogens is 356 g/mol. The highest BCUT2D eigenvalue weighted by atomic mass is 35.5. The normalized spacial score (nSPS) is 11.4. The first-order chi connectivity index (χ1) is 12.2. The van der Waals surface area contributed by atoms with Crippen molar-refractivity contribution in [1.82, 2.24) is 4.57 Å². The van der Waals surface area contributed by atoms with Crippen molar-refractivity contribution in [2.45, 2.75) is 26.4 Å². The molecule has 0 radical (unpaired) electrons. The fourth-order valence-corrected chi connectivity index (χ4v) is 1.95. The van der Waals surface area contributed by atoms with Crippen LogP contribution in [0.1, 0.15) is 13.3 Å². The van der Waals surface area contributed by atoms with E-state index in [9.17, 15) is 0 Å². The van der Waals surface area contributed by atoms with Crippen LogP contribution in [0.15, 0.2) is 69.5 Å². The summed E-state index contributed by atoms with van der Waals surface area (Å²) < 4.78 is 3.73. The van der Waals surface area contributed by atoms with E-state index in [1.165, 1.54) is 0 Å². The lowest BCUT2D eigenvalue weighted by molar-refractivity contribution is -0.698. The number of hydrogen-bond acceptors (Lipinski definition) is 5. The Morgan fingerprint density at radius 1 is 1.08 bits per heavy atom. The number of halogens is 1. The summed E-state index contributed by atoms with van der Waals surface area (Å²) in [5, 5.41) is 35.1. The molecule has 0 bridgehead atoms. The van der Waals surface area contributed by atoms with Crippen molar-refractivity contribution < 1.29 is 27.2 Å². The average molecular weight is 379 g/mol. The van der Waals surface area contributed by atoms with Crippen LogP contribution in [0.5, 0.6) is 0 Å². The lowest BCUT2D eigenvalue weighted by Gasteiger charge is -2.01.